The molecule has 1 aliphatic heterocycles. The minimum Gasteiger partial charge on any atom is -0.384 e. The Balaban J connectivity index is 1.92. The minimum absolute atomic E-state index is 0.0732. The molecule has 114 valence electrons. The average Bonchev–Trinajstić information content (AvgIpc) is 2.53. The van der Waals surface area contributed by atoms with Gasteiger partial charge in [-0.05, 0) is 18.1 Å². The van der Waals surface area contributed by atoms with Gasteiger partial charge < -0.3 is 15.1 Å². The van der Waals surface area contributed by atoms with Gasteiger partial charge >= 0.3 is 0 Å². The number of hydrogen-bond donors (Lipinski definition) is 1. The van der Waals surface area contributed by atoms with Gasteiger partial charge in [0.2, 0.25) is 6.41 Å². The van der Waals surface area contributed by atoms with E-state index in [0.29, 0.717) is 37.8 Å². The van der Waals surface area contributed by atoms with Crippen molar-refractivity contribution in [3.8, 4) is 0 Å². The topological polar surface area (TPSA) is 65.5 Å². The van der Waals surface area contributed by atoms with E-state index in [1.165, 1.54) is 0 Å². The zero-order chi connectivity index (χ0) is 15.2. The molecule has 0 aliphatic carbocycles. The van der Waals surface area contributed by atoms with Crippen LogP contribution >= 0.6 is 0 Å². The molecule has 1 aromatic rings. The van der Waals surface area contributed by atoms with Crippen LogP contribution in [0.15, 0.2) is 18.3 Å². The van der Waals surface area contributed by atoms with E-state index in [2.05, 4.69) is 24.1 Å². The molecule has 1 N–H and O–H groups in total. The van der Waals surface area contributed by atoms with E-state index in [4.69, 9.17) is 0 Å². The average molecular weight is 290 g/mol. The number of carbonyl (C=O) groups is 2. The second-order valence-electron chi connectivity index (χ2n) is 5.64. The SMILES string of the molecule is CC(C)CNc1ccc(C(=O)N2CCN(C=O)CC2)nc1. The standard InChI is InChI=1S/C15H22N4O2/c1-12(2)9-16-13-3-4-14(17-10-13)15(21)19-7-5-18(11-20)6-8-19/h3-4,10-12,16H,5-9H2,1-2H3. The van der Waals surface area contributed by atoms with Crippen molar-refractivity contribution in [1.82, 2.24) is 14.8 Å². The molecular weight excluding hydrogens is 268 g/mol. The van der Waals surface area contributed by atoms with Crippen LogP contribution in [0.3, 0.4) is 0 Å². The number of nitrogens with zero attached hydrogens (tertiary/aromatic N) is 3. The highest BCUT2D eigenvalue weighted by atomic mass is 16.2. The lowest BCUT2D eigenvalue weighted by atomic mass is 10.2. The van der Waals surface area contributed by atoms with Gasteiger partial charge in [-0.3, -0.25) is 9.59 Å². The van der Waals surface area contributed by atoms with Crippen LogP contribution in [0.2, 0.25) is 0 Å². The Bertz CT molecular complexity index is 479. The van der Waals surface area contributed by atoms with Crippen molar-refractivity contribution >= 4 is 18.0 Å². The molecule has 2 rings (SSSR count). The van der Waals surface area contributed by atoms with Crippen molar-refractivity contribution in [3.63, 3.8) is 0 Å². The Hall–Kier alpha value is -2.11. The van der Waals surface area contributed by atoms with Crippen molar-refractivity contribution < 1.29 is 9.59 Å². The maximum Gasteiger partial charge on any atom is 0.272 e. The Morgan fingerprint density at radius 1 is 1.33 bits per heavy atom. The first-order chi connectivity index (χ1) is 10.1. The number of rotatable bonds is 5. The van der Waals surface area contributed by atoms with E-state index in [1.807, 2.05) is 6.07 Å². The second kappa shape index (κ2) is 7.06. The van der Waals surface area contributed by atoms with Crippen molar-refractivity contribution in [3.05, 3.63) is 24.0 Å². The van der Waals surface area contributed by atoms with E-state index < -0.39 is 0 Å². The Kier molecular flexibility index (Phi) is 5.14. The molecule has 1 fully saturated rings. The first-order valence-electron chi connectivity index (χ1n) is 7.28. The van der Waals surface area contributed by atoms with Gasteiger partial charge in [-0.15, -0.1) is 0 Å². The first kappa shape index (κ1) is 15.3. The van der Waals surface area contributed by atoms with Gasteiger partial charge in [0, 0.05) is 32.7 Å². The maximum absolute atomic E-state index is 12.3. The molecule has 0 unspecified atom stereocenters. The summed E-state index contributed by atoms with van der Waals surface area (Å²) in [5.74, 6) is 0.483. The lowest BCUT2D eigenvalue weighted by Gasteiger charge is -2.32. The normalized spacial score (nSPS) is 15.2. The van der Waals surface area contributed by atoms with Gasteiger partial charge in [0.25, 0.3) is 5.91 Å². The molecule has 0 bridgehead atoms. The van der Waals surface area contributed by atoms with Crippen LogP contribution in [0.25, 0.3) is 0 Å². The van der Waals surface area contributed by atoms with E-state index in [-0.39, 0.29) is 5.91 Å². The number of carbonyl (C=O) groups excluding carboxylic acids is 2. The smallest absolute Gasteiger partial charge is 0.272 e. The Morgan fingerprint density at radius 2 is 2.05 bits per heavy atom. The highest BCUT2D eigenvalue weighted by Crippen LogP contribution is 2.10. The van der Waals surface area contributed by atoms with Crippen LogP contribution in [0.1, 0.15) is 24.3 Å². The van der Waals surface area contributed by atoms with Crippen LogP contribution in [0, 0.1) is 5.92 Å². The molecule has 0 atom stereocenters. The third-order valence-electron chi connectivity index (χ3n) is 3.45. The van der Waals surface area contributed by atoms with Crippen LogP contribution in [-0.4, -0.2) is 59.8 Å². The lowest BCUT2D eigenvalue weighted by molar-refractivity contribution is -0.119. The first-order valence-corrected chi connectivity index (χ1v) is 7.28. The Labute approximate surface area is 125 Å². The fourth-order valence-electron chi connectivity index (χ4n) is 2.14. The summed E-state index contributed by atoms with van der Waals surface area (Å²) in [4.78, 5) is 30.6. The molecule has 2 heterocycles. The number of anilines is 1. The Morgan fingerprint density at radius 3 is 2.57 bits per heavy atom. The second-order valence-corrected chi connectivity index (χ2v) is 5.64. The van der Waals surface area contributed by atoms with Gasteiger partial charge in [0.1, 0.15) is 5.69 Å². The summed E-state index contributed by atoms with van der Waals surface area (Å²) in [7, 11) is 0. The molecule has 6 heteroatoms. The molecule has 0 radical (unpaired) electrons. The number of nitrogens with one attached hydrogen (secondary N) is 1. The van der Waals surface area contributed by atoms with Crippen molar-refractivity contribution in [2.24, 2.45) is 5.92 Å². The van der Waals surface area contributed by atoms with Crippen LogP contribution < -0.4 is 5.32 Å². The van der Waals surface area contributed by atoms with Crippen LogP contribution in [0.4, 0.5) is 5.69 Å². The minimum atomic E-state index is -0.0732. The van der Waals surface area contributed by atoms with E-state index in [9.17, 15) is 9.59 Å². The number of pyridine rings is 1. The number of aromatic nitrogens is 1. The third-order valence-corrected chi connectivity index (χ3v) is 3.45. The molecule has 1 saturated heterocycles. The number of piperazine rings is 1. The van der Waals surface area contributed by atoms with Crippen LogP contribution in [0.5, 0.6) is 0 Å². The molecule has 1 aliphatic rings. The van der Waals surface area contributed by atoms with Gasteiger partial charge in [-0.2, -0.15) is 0 Å². The van der Waals surface area contributed by atoms with Crippen molar-refractivity contribution in [1.29, 1.82) is 0 Å². The summed E-state index contributed by atoms with van der Waals surface area (Å²) in [5.41, 5.74) is 1.37. The summed E-state index contributed by atoms with van der Waals surface area (Å²) in [6, 6.07) is 3.63. The highest BCUT2D eigenvalue weighted by molar-refractivity contribution is 5.92. The molecule has 0 saturated carbocycles. The molecule has 1 aromatic heterocycles. The number of hydrogen-bond acceptors (Lipinski definition) is 4. The van der Waals surface area contributed by atoms with Crippen LogP contribution in [-0.2, 0) is 4.79 Å². The largest absolute Gasteiger partial charge is 0.384 e. The van der Waals surface area contributed by atoms with Crippen molar-refractivity contribution in [2.75, 3.05) is 38.0 Å². The summed E-state index contributed by atoms with van der Waals surface area (Å²) in [5, 5.41) is 3.27. The third kappa shape index (κ3) is 4.18. The van der Waals surface area contributed by atoms with E-state index in [1.54, 1.807) is 22.1 Å². The highest BCUT2D eigenvalue weighted by Gasteiger charge is 2.21. The van der Waals surface area contributed by atoms with E-state index in [0.717, 1.165) is 18.6 Å². The fourth-order valence-corrected chi connectivity index (χ4v) is 2.14. The predicted molar refractivity (Wildman–Crippen MR) is 81.1 cm³/mol. The molecule has 2 amide bonds. The van der Waals surface area contributed by atoms with Gasteiger partial charge in [-0.1, -0.05) is 13.8 Å². The zero-order valence-electron chi connectivity index (χ0n) is 12.6. The summed E-state index contributed by atoms with van der Waals surface area (Å²) in [6.07, 6.45) is 2.52. The molecule has 0 aromatic carbocycles. The summed E-state index contributed by atoms with van der Waals surface area (Å²) < 4.78 is 0. The fraction of sp³-hybridized carbons (Fsp3) is 0.533. The lowest BCUT2D eigenvalue weighted by Crippen LogP contribution is -2.48. The predicted octanol–water partition coefficient (Wildman–Crippen LogP) is 1.06. The monoisotopic (exact) mass is 290 g/mol. The van der Waals surface area contributed by atoms with Gasteiger partial charge in [0.05, 0.1) is 11.9 Å². The van der Waals surface area contributed by atoms with Gasteiger partial charge in [0.15, 0.2) is 0 Å². The maximum atomic E-state index is 12.3. The van der Waals surface area contributed by atoms with E-state index >= 15 is 0 Å². The summed E-state index contributed by atoms with van der Waals surface area (Å²) in [6.45, 7) is 7.45. The number of amides is 2. The molecule has 0 spiro atoms. The zero-order valence-corrected chi connectivity index (χ0v) is 12.6. The summed E-state index contributed by atoms with van der Waals surface area (Å²) >= 11 is 0. The van der Waals surface area contributed by atoms with Gasteiger partial charge in [-0.25, -0.2) is 4.98 Å². The quantitative estimate of drug-likeness (QED) is 0.824. The van der Waals surface area contributed by atoms with Crippen molar-refractivity contribution in [2.45, 2.75) is 13.8 Å². The molecule has 6 nitrogen and oxygen atoms in total. The molecule has 21 heavy (non-hydrogen) atoms. The molecular formula is C15H22N4O2.